The molecule has 5 aliphatic rings. The molecule has 0 radical (unpaired) electrons. The van der Waals surface area contributed by atoms with Gasteiger partial charge in [-0.1, -0.05) is 19.4 Å². The fourth-order valence-electron chi connectivity index (χ4n) is 8.88. The minimum atomic E-state index is -1.60. The predicted molar refractivity (Wildman–Crippen MR) is 129 cm³/mol. The average molecular weight is 488 g/mol. The number of fused-ring (bicyclic) bond motifs is 5. The van der Waals surface area contributed by atoms with Gasteiger partial charge in [0.1, 0.15) is 5.60 Å². The van der Waals surface area contributed by atoms with Gasteiger partial charge in [0.2, 0.25) is 5.78 Å². The van der Waals surface area contributed by atoms with Crippen LogP contribution in [-0.2, 0) is 19.1 Å². The topological polar surface area (TPSA) is 104 Å². The molecule has 1 saturated heterocycles. The Morgan fingerprint density at radius 1 is 1.17 bits per heavy atom. The molecule has 0 bridgehead atoms. The summed E-state index contributed by atoms with van der Waals surface area (Å²) in [5.41, 5.74) is -1.40. The first kappa shape index (κ1) is 25.1. The third-order valence-electron chi connectivity index (χ3n) is 10.8. The molecule has 0 amide bonds. The van der Waals surface area contributed by atoms with Crippen LogP contribution in [0.3, 0.4) is 0 Å². The molecule has 4 aliphatic carbocycles. The van der Waals surface area contributed by atoms with Crippen molar-refractivity contribution in [3.63, 3.8) is 0 Å². The fraction of sp³-hybridized carbons (Fsp3) is 0.821. The monoisotopic (exact) mass is 487 g/mol. The molecule has 5 rings (SSSR count). The molecular weight excluding hydrogens is 446 g/mol. The maximum Gasteiger partial charge on any atom is 0.310 e. The third-order valence-corrected chi connectivity index (χ3v) is 10.8. The molecule has 1 heterocycles. The standard InChI is InChI=1S/C28H41NO6/c1-26-10-8-19(30)13-18(26)6-7-20-21-9-11-28(34,27(21,2)14-22(31)24(20)26)23(32)16-35-25(33)17-5-4-12-29(3)15-17/h13,17,20-22,24,31,34H,4-12,14-16H2,1-3H3/t17-,20+,21+,22-,24-,26+,27+,28+/m1/s1. The first-order valence-corrected chi connectivity index (χ1v) is 13.5. The van der Waals surface area contributed by atoms with Crippen LogP contribution < -0.4 is 0 Å². The second-order valence-electron chi connectivity index (χ2n) is 12.6. The zero-order valence-electron chi connectivity index (χ0n) is 21.4. The number of rotatable bonds is 4. The van der Waals surface area contributed by atoms with E-state index in [1.807, 2.05) is 20.0 Å². The maximum atomic E-state index is 13.4. The molecule has 0 aromatic rings. The summed E-state index contributed by atoms with van der Waals surface area (Å²) >= 11 is 0. The van der Waals surface area contributed by atoms with Crippen molar-refractivity contribution in [2.45, 2.75) is 83.3 Å². The van der Waals surface area contributed by atoms with Crippen molar-refractivity contribution in [2.75, 3.05) is 26.7 Å². The Bertz CT molecular complexity index is 946. The lowest BCUT2D eigenvalue weighted by molar-refractivity contribution is -0.185. The van der Waals surface area contributed by atoms with Crippen molar-refractivity contribution in [3.05, 3.63) is 11.6 Å². The highest BCUT2D eigenvalue weighted by Crippen LogP contribution is 2.67. The molecule has 7 heteroatoms. The Balaban J connectivity index is 1.32. The van der Waals surface area contributed by atoms with Crippen molar-refractivity contribution in [2.24, 2.45) is 34.5 Å². The predicted octanol–water partition coefficient (Wildman–Crippen LogP) is 2.67. The van der Waals surface area contributed by atoms with Gasteiger partial charge in [-0.3, -0.25) is 14.4 Å². The molecule has 35 heavy (non-hydrogen) atoms. The van der Waals surface area contributed by atoms with Crippen molar-refractivity contribution >= 4 is 17.5 Å². The Kier molecular flexibility index (Phi) is 6.29. The molecule has 0 unspecified atom stereocenters. The number of allylic oxidation sites excluding steroid dienone is 1. The van der Waals surface area contributed by atoms with E-state index >= 15 is 0 Å². The summed E-state index contributed by atoms with van der Waals surface area (Å²) in [4.78, 5) is 40.2. The van der Waals surface area contributed by atoms with Gasteiger partial charge >= 0.3 is 5.97 Å². The smallest absolute Gasteiger partial charge is 0.310 e. The molecule has 0 aromatic heterocycles. The summed E-state index contributed by atoms with van der Waals surface area (Å²) in [6.45, 7) is 5.33. The normalized spacial score (nSPS) is 45.7. The zero-order valence-corrected chi connectivity index (χ0v) is 21.4. The first-order valence-electron chi connectivity index (χ1n) is 13.5. The number of aliphatic hydroxyl groups is 2. The molecule has 3 saturated carbocycles. The lowest BCUT2D eigenvalue weighted by Crippen LogP contribution is -2.62. The maximum absolute atomic E-state index is 13.4. The van der Waals surface area contributed by atoms with Gasteiger partial charge in [0.25, 0.3) is 0 Å². The van der Waals surface area contributed by atoms with Gasteiger partial charge in [0.15, 0.2) is 12.4 Å². The second kappa shape index (κ2) is 8.77. The van der Waals surface area contributed by atoms with E-state index in [-0.39, 0.29) is 40.8 Å². The summed E-state index contributed by atoms with van der Waals surface area (Å²) < 4.78 is 5.45. The van der Waals surface area contributed by atoms with Crippen molar-refractivity contribution in [1.82, 2.24) is 4.90 Å². The van der Waals surface area contributed by atoms with Crippen molar-refractivity contribution in [1.29, 1.82) is 0 Å². The summed E-state index contributed by atoms with van der Waals surface area (Å²) in [6.07, 6.45) is 7.24. The van der Waals surface area contributed by atoms with Gasteiger partial charge in [0.05, 0.1) is 12.0 Å². The highest BCUT2D eigenvalue weighted by molar-refractivity contribution is 5.92. The first-order chi connectivity index (χ1) is 16.5. The summed E-state index contributed by atoms with van der Waals surface area (Å²) in [7, 11) is 1.98. The number of ether oxygens (including phenoxy) is 1. The molecule has 194 valence electrons. The molecule has 2 N–H and O–H groups in total. The zero-order chi connectivity index (χ0) is 25.2. The number of carbonyl (C=O) groups is 3. The molecule has 8 atom stereocenters. The lowest BCUT2D eigenvalue weighted by Gasteiger charge is -2.60. The van der Waals surface area contributed by atoms with E-state index in [2.05, 4.69) is 11.8 Å². The number of esters is 1. The summed E-state index contributed by atoms with van der Waals surface area (Å²) in [5, 5.41) is 23.3. The minimum absolute atomic E-state index is 0.0345. The fourth-order valence-corrected chi connectivity index (χ4v) is 8.88. The van der Waals surface area contributed by atoms with Gasteiger partial charge in [-0.25, -0.2) is 0 Å². The van der Waals surface area contributed by atoms with Crippen LogP contribution in [0, 0.1) is 34.5 Å². The SMILES string of the molecule is CN1CCC[C@@H](C(=O)OCC(=O)[C@@]2(O)CC[C@H]3[C@@H]4CCC5=CC(=O)CC[C@]5(C)[C@H]4[C@H](O)C[C@@]32C)C1. The van der Waals surface area contributed by atoms with Crippen LogP contribution in [-0.4, -0.2) is 71.1 Å². The van der Waals surface area contributed by atoms with E-state index in [0.717, 1.165) is 45.1 Å². The summed E-state index contributed by atoms with van der Waals surface area (Å²) in [6, 6.07) is 0. The lowest BCUT2D eigenvalue weighted by atomic mass is 9.45. The molecule has 7 nitrogen and oxygen atoms in total. The quantitative estimate of drug-likeness (QED) is 0.588. The molecule has 0 spiro atoms. The number of piperidine rings is 1. The number of aliphatic hydroxyl groups excluding tert-OH is 1. The van der Waals surface area contributed by atoms with E-state index in [4.69, 9.17) is 4.74 Å². The van der Waals surface area contributed by atoms with Crippen LogP contribution in [0.2, 0.25) is 0 Å². The molecular formula is C28H41NO6. The van der Waals surface area contributed by atoms with Gasteiger partial charge < -0.3 is 19.8 Å². The molecule has 0 aromatic carbocycles. The van der Waals surface area contributed by atoms with E-state index < -0.39 is 29.5 Å². The van der Waals surface area contributed by atoms with Crippen LogP contribution in [0.15, 0.2) is 11.6 Å². The van der Waals surface area contributed by atoms with E-state index in [9.17, 15) is 24.6 Å². The number of carbonyl (C=O) groups excluding carboxylic acids is 3. The van der Waals surface area contributed by atoms with Gasteiger partial charge in [0, 0.05) is 18.4 Å². The number of hydrogen-bond donors (Lipinski definition) is 2. The van der Waals surface area contributed by atoms with Crippen LogP contribution in [0.25, 0.3) is 0 Å². The number of nitrogens with zero attached hydrogens (tertiary/aromatic N) is 1. The van der Waals surface area contributed by atoms with Crippen LogP contribution in [0.1, 0.15) is 71.6 Å². The molecule has 1 aliphatic heterocycles. The Labute approximate surface area is 208 Å². The van der Waals surface area contributed by atoms with Gasteiger partial charge in [-0.2, -0.15) is 0 Å². The van der Waals surface area contributed by atoms with Crippen LogP contribution in [0.5, 0.6) is 0 Å². The Hall–Kier alpha value is -1.57. The van der Waals surface area contributed by atoms with Crippen LogP contribution >= 0.6 is 0 Å². The second-order valence-corrected chi connectivity index (χ2v) is 12.6. The number of hydrogen-bond acceptors (Lipinski definition) is 7. The summed E-state index contributed by atoms with van der Waals surface area (Å²) in [5.74, 6) is -0.494. The van der Waals surface area contributed by atoms with E-state index in [1.54, 1.807) is 0 Å². The van der Waals surface area contributed by atoms with Gasteiger partial charge in [-0.05, 0) is 94.2 Å². The number of Topliss-reactive ketones (excluding diaryl/α,β-unsaturated/α-hetero) is 1. The largest absolute Gasteiger partial charge is 0.457 e. The van der Waals surface area contributed by atoms with Crippen LogP contribution in [0.4, 0.5) is 0 Å². The average Bonchev–Trinajstić information content (AvgIpc) is 3.08. The number of likely N-dealkylation sites (tertiary alicyclic amines) is 1. The van der Waals surface area contributed by atoms with Crippen molar-refractivity contribution in [3.8, 4) is 0 Å². The highest BCUT2D eigenvalue weighted by atomic mass is 16.5. The van der Waals surface area contributed by atoms with E-state index in [1.165, 1.54) is 5.57 Å². The third kappa shape index (κ3) is 3.84. The van der Waals surface area contributed by atoms with Crippen molar-refractivity contribution < 1.29 is 29.3 Å². The van der Waals surface area contributed by atoms with E-state index in [0.29, 0.717) is 25.8 Å². The highest BCUT2D eigenvalue weighted by Gasteiger charge is 2.68. The molecule has 4 fully saturated rings. The Morgan fingerprint density at radius 2 is 1.94 bits per heavy atom. The minimum Gasteiger partial charge on any atom is -0.457 e. The Morgan fingerprint density at radius 3 is 2.69 bits per heavy atom. The number of ketones is 2. The van der Waals surface area contributed by atoms with Gasteiger partial charge in [-0.15, -0.1) is 0 Å².